The molecule has 0 aliphatic carbocycles. The fourth-order valence-corrected chi connectivity index (χ4v) is 3.08. The minimum atomic E-state index is -0.175. The van der Waals surface area contributed by atoms with Gasteiger partial charge >= 0.3 is 0 Å². The van der Waals surface area contributed by atoms with Crippen LogP contribution in [0.3, 0.4) is 0 Å². The number of pyridine rings is 1. The molecule has 0 spiro atoms. The molecule has 7 heteroatoms. The molecule has 138 valence electrons. The highest BCUT2D eigenvalue weighted by molar-refractivity contribution is 6.32. The number of aromatic nitrogens is 1. The quantitative estimate of drug-likeness (QED) is 0.800. The summed E-state index contributed by atoms with van der Waals surface area (Å²) >= 11 is 6.07. The monoisotopic (exact) mass is 375 g/mol. The van der Waals surface area contributed by atoms with E-state index in [1.807, 2.05) is 18.2 Å². The molecule has 3 rings (SSSR count). The topological polar surface area (TPSA) is 54.8 Å². The van der Waals surface area contributed by atoms with E-state index in [4.69, 9.17) is 16.3 Å². The lowest BCUT2D eigenvalue weighted by Gasteiger charge is -2.34. The second kappa shape index (κ2) is 8.38. The van der Waals surface area contributed by atoms with E-state index in [2.05, 4.69) is 4.90 Å². The van der Waals surface area contributed by atoms with Gasteiger partial charge in [0.05, 0.1) is 5.02 Å². The van der Waals surface area contributed by atoms with Crippen LogP contribution in [0.4, 0.5) is 0 Å². The minimum Gasteiger partial charge on any atom is -0.491 e. The third-order valence-electron chi connectivity index (χ3n) is 4.51. The number of ether oxygens (including phenoxy) is 1. The van der Waals surface area contributed by atoms with Gasteiger partial charge in [0.25, 0.3) is 11.5 Å². The third-order valence-corrected chi connectivity index (χ3v) is 4.82. The zero-order valence-corrected chi connectivity index (χ0v) is 15.5. The highest BCUT2D eigenvalue weighted by atomic mass is 35.5. The molecule has 1 fully saturated rings. The number of hydrogen-bond donors (Lipinski definition) is 0. The summed E-state index contributed by atoms with van der Waals surface area (Å²) in [5, 5.41) is 0.608. The Bertz CT molecular complexity index is 829. The van der Waals surface area contributed by atoms with Crippen LogP contribution in [0, 0.1) is 0 Å². The van der Waals surface area contributed by atoms with Crippen LogP contribution < -0.4 is 10.3 Å². The molecule has 0 N–H and O–H groups in total. The van der Waals surface area contributed by atoms with E-state index >= 15 is 0 Å². The lowest BCUT2D eigenvalue weighted by molar-refractivity contribution is 0.0620. The Morgan fingerprint density at radius 1 is 1.15 bits per heavy atom. The van der Waals surface area contributed by atoms with E-state index in [9.17, 15) is 9.59 Å². The van der Waals surface area contributed by atoms with Crippen molar-refractivity contribution in [1.29, 1.82) is 0 Å². The van der Waals surface area contributed by atoms with Gasteiger partial charge in [0.1, 0.15) is 12.4 Å². The van der Waals surface area contributed by atoms with Crippen molar-refractivity contribution in [2.75, 3.05) is 39.3 Å². The standard InChI is InChI=1S/C19H22ClN3O3/c1-21-7-6-15(14-18(21)24)19(25)23-10-8-22(9-11-23)12-13-26-17-5-3-2-4-16(17)20/h2-7,14H,8-13H2,1H3. The van der Waals surface area contributed by atoms with Crippen molar-refractivity contribution in [2.45, 2.75) is 0 Å². The summed E-state index contributed by atoms with van der Waals surface area (Å²) in [7, 11) is 1.67. The molecule has 0 bridgehead atoms. The second-order valence-electron chi connectivity index (χ2n) is 6.28. The van der Waals surface area contributed by atoms with Gasteiger partial charge in [-0.3, -0.25) is 14.5 Å². The summed E-state index contributed by atoms with van der Waals surface area (Å²) in [6.45, 7) is 4.16. The highest BCUT2D eigenvalue weighted by Gasteiger charge is 2.22. The molecule has 0 saturated carbocycles. The zero-order chi connectivity index (χ0) is 18.5. The van der Waals surface area contributed by atoms with E-state index in [1.165, 1.54) is 10.6 Å². The van der Waals surface area contributed by atoms with Crippen LogP contribution >= 0.6 is 11.6 Å². The minimum absolute atomic E-state index is 0.0883. The van der Waals surface area contributed by atoms with Crippen LogP contribution in [0.5, 0.6) is 5.75 Å². The first-order valence-corrected chi connectivity index (χ1v) is 8.98. The SMILES string of the molecule is Cn1ccc(C(=O)N2CCN(CCOc3ccccc3Cl)CC2)cc1=O. The van der Waals surface area contributed by atoms with Gasteiger partial charge in [-0.1, -0.05) is 23.7 Å². The molecule has 2 heterocycles. The maximum absolute atomic E-state index is 12.5. The summed E-state index contributed by atoms with van der Waals surface area (Å²) in [4.78, 5) is 28.3. The van der Waals surface area contributed by atoms with E-state index in [0.717, 1.165) is 19.6 Å². The van der Waals surface area contributed by atoms with Crippen LogP contribution in [0.15, 0.2) is 47.4 Å². The number of halogens is 1. The number of carbonyl (C=O) groups is 1. The third kappa shape index (κ3) is 4.45. The number of para-hydroxylation sites is 1. The van der Waals surface area contributed by atoms with E-state index < -0.39 is 0 Å². The summed E-state index contributed by atoms with van der Waals surface area (Å²) < 4.78 is 7.17. The molecule has 1 aromatic heterocycles. The van der Waals surface area contributed by atoms with Crippen LogP contribution in [-0.2, 0) is 7.05 Å². The normalized spacial score (nSPS) is 15.1. The fourth-order valence-electron chi connectivity index (χ4n) is 2.89. The smallest absolute Gasteiger partial charge is 0.254 e. The molecule has 2 aromatic rings. The lowest BCUT2D eigenvalue weighted by atomic mass is 10.2. The van der Waals surface area contributed by atoms with Gasteiger partial charge in [-0.15, -0.1) is 0 Å². The lowest BCUT2D eigenvalue weighted by Crippen LogP contribution is -2.49. The van der Waals surface area contributed by atoms with Gasteiger partial charge in [-0.2, -0.15) is 0 Å². The van der Waals surface area contributed by atoms with Gasteiger partial charge < -0.3 is 14.2 Å². The van der Waals surface area contributed by atoms with Crippen molar-refractivity contribution < 1.29 is 9.53 Å². The van der Waals surface area contributed by atoms with Gasteiger partial charge in [0.15, 0.2) is 0 Å². The predicted octanol–water partition coefficient (Wildman–Crippen LogP) is 1.88. The van der Waals surface area contributed by atoms with Crippen molar-refractivity contribution in [1.82, 2.24) is 14.4 Å². The maximum Gasteiger partial charge on any atom is 0.254 e. The highest BCUT2D eigenvalue weighted by Crippen LogP contribution is 2.22. The Hall–Kier alpha value is -2.31. The fraction of sp³-hybridized carbons (Fsp3) is 0.368. The van der Waals surface area contributed by atoms with E-state index in [0.29, 0.717) is 36.0 Å². The number of piperazine rings is 1. The molecule has 1 saturated heterocycles. The predicted molar refractivity (Wildman–Crippen MR) is 101 cm³/mol. The molecule has 1 aliphatic heterocycles. The average Bonchev–Trinajstić information content (AvgIpc) is 2.65. The summed E-state index contributed by atoms with van der Waals surface area (Å²) in [6, 6.07) is 10.5. The van der Waals surface area contributed by atoms with E-state index in [1.54, 1.807) is 30.3 Å². The number of carbonyl (C=O) groups excluding carboxylic acids is 1. The second-order valence-corrected chi connectivity index (χ2v) is 6.68. The molecular formula is C19H22ClN3O3. The van der Waals surface area contributed by atoms with Crippen LogP contribution in [0.2, 0.25) is 5.02 Å². The molecule has 26 heavy (non-hydrogen) atoms. The molecule has 0 radical (unpaired) electrons. The average molecular weight is 376 g/mol. The first-order valence-electron chi connectivity index (χ1n) is 8.60. The maximum atomic E-state index is 12.5. The zero-order valence-electron chi connectivity index (χ0n) is 14.7. The Morgan fingerprint density at radius 3 is 2.58 bits per heavy atom. The Morgan fingerprint density at radius 2 is 1.88 bits per heavy atom. The number of nitrogens with zero attached hydrogens (tertiary/aromatic N) is 3. The van der Waals surface area contributed by atoms with Crippen molar-refractivity contribution in [3.63, 3.8) is 0 Å². The van der Waals surface area contributed by atoms with Gasteiger partial charge in [-0.25, -0.2) is 0 Å². The largest absolute Gasteiger partial charge is 0.491 e. The van der Waals surface area contributed by atoms with Crippen LogP contribution in [-0.4, -0.2) is 59.6 Å². The summed E-state index contributed by atoms with van der Waals surface area (Å²) in [5.41, 5.74) is 0.273. The number of benzene rings is 1. The van der Waals surface area contributed by atoms with Crippen LogP contribution in [0.25, 0.3) is 0 Å². The number of hydrogen-bond acceptors (Lipinski definition) is 4. The Kier molecular flexibility index (Phi) is 5.96. The molecule has 0 unspecified atom stereocenters. The Labute approximate surface area is 157 Å². The first-order chi connectivity index (χ1) is 12.5. The molecular weight excluding hydrogens is 354 g/mol. The molecule has 0 atom stereocenters. The van der Waals surface area contributed by atoms with Crippen LogP contribution in [0.1, 0.15) is 10.4 Å². The van der Waals surface area contributed by atoms with Crippen molar-refractivity contribution in [3.05, 3.63) is 63.5 Å². The van der Waals surface area contributed by atoms with Crippen molar-refractivity contribution >= 4 is 17.5 Å². The number of aryl methyl sites for hydroxylation is 1. The number of amides is 1. The van der Waals surface area contributed by atoms with E-state index in [-0.39, 0.29) is 11.5 Å². The number of rotatable bonds is 5. The summed E-state index contributed by atoms with van der Waals surface area (Å²) in [5.74, 6) is 0.600. The molecule has 1 aliphatic rings. The molecule has 6 nitrogen and oxygen atoms in total. The van der Waals surface area contributed by atoms with Gasteiger partial charge in [0.2, 0.25) is 0 Å². The first kappa shape index (κ1) is 18.5. The molecule has 1 aromatic carbocycles. The van der Waals surface area contributed by atoms with Crippen molar-refractivity contribution in [2.24, 2.45) is 7.05 Å². The van der Waals surface area contributed by atoms with Crippen molar-refractivity contribution in [3.8, 4) is 5.75 Å². The Balaban J connectivity index is 1.46. The van der Waals surface area contributed by atoms with Gasteiger partial charge in [0, 0.05) is 57.6 Å². The summed E-state index contributed by atoms with van der Waals surface area (Å²) in [6.07, 6.45) is 1.62. The van der Waals surface area contributed by atoms with Gasteiger partial charge in [-0.05, 0) is 18.2 Å². The molecule has 1 amide bonds.